The third-order valence-corrected chi connectivity index (χ3v) is 4.20. The van der Waals surface area contributed by atoms with Crippen LogP contribution in [0, 0.1) is 0 Å². The molecule has 1 heterocycles. The van der Waals surface area contributed by atoms with Gasteiger partial charge in [-0.2, -0.15) is 0 Å². The van der Waals surface area contributed by atoms with E-state index in [1.807, 2.05) is 42.5 Å². The summed E-state index contributed by atoms with van der Waals surface area (Å²) in [6.45, 7) is 0.705. The smallest absolute Gasteiger partial charge is 0.169 e. The van der Waals surface area contributed by atoms with Gasteiger partial charge in [-0.3, -0.25) is 0 Å². The number of hydrogen-bond donors (Lipinski definition) is 1. The molecule has 0 atom stereocenters. The number of nitrogens with zero attached hydrogens (tertiary/aromatic N) is 2. The third-order valence-electron chi connectivity index (χ3n) is 3.15. The highest BCUT2D eigenvalue weighted by molar-refractivity contribution is 7.98. The molecule has 0 radical (unpaired) electrons. The van der Waals surface area contributed by atoms with Crippen molar-refractivity contribution < 1.29 is 5.11 Å². The quantitative estimate of drug-likeness (QED) is 0.730. The molecule has 0 amide bonds. The van der Waals surface area contributed by atoms with Crippen LogP contribution in [0.4, 0.5) is 0 Å². The van der Waals surface area contributed by atoms with Gasteiger partial charge in [0.1, 0.15) is 0 Å². The molecule has 3 aromatic rings. The first-order chi connectivity index (χ1) is 9.88. The van der Waals surface area contributed by atoms with Gasteiger partial charge >= 0.3 is 0 Å². The number of aliphatic hydroxyl groups is 1. The summed E-state index contributed by atoms with van der Waals surface area (Å²) in [6.07, 6.45) is 0. The van der Waals surface area contributed by atoms with Gasteiger partial charge in [-0.1, -0.05) is 54.2 Å². The Bertz CT molecular complexity index is 694. The molecule has 3 nitrogen and oxygen atoms in total. The van der Waals surface area contributed by atoms with Crippen LogP contribution in [0.5, 0.6) is 0 Å². The zero-order chi connectivity index (χ0) is 13.8. The molecule has 1 aromatic heterocycles. The summed E-state index contributed by atoms with van der Waals surface area (Å²) < 4.78 is 2.09. The van der Waals surface area contributed by atoms with Crippen LogP contribution in [0.1, 0.15) is 5.56 Å². The van der Waals surface area contributed by atoms with Crippen molar-refractivity contribution >= 4 is 22.8 Å². The fraction of sp³-hybridized carbons (Fsp3) is 0.188. The molecule has 0 aliphatic carbocycles. The lowest BCUT2D eigenvalue weighted by Crippen LogP contribution is -2.03. The standard InChI is InChI=1S/C16H16N2OS/c19-11-10-18-15-9-5-4-8-14(15)17-16(18)20-12-13-6-2-1-3-7-13/h1-9,19H,10-12H2. The Morgan fingerprint density at radius 1 is 1.00 bits per heavy atom. The number of hydrogen-bond acceptors (Lipinski definition) is 3. The second kappa shape index (κ2) is 6.11. The molecule has 20 heavy (non-hydrogen) atoms. The van der Waals surface area contributed by atoms with Gasteiger partial charge in [0, 0.05) is 12.3 Å². The van der Waals surface area contributed by atoms with E-state index in [-0.39, 0.29) is 6.61 Å². The van der Waals surface area contributed by atoms with E-state index in [9.17, 15) is 5.11 Å². The maximum atomic E-state index is 9.25. The molecule has 3 rings (SSSR count). The summed E-state index contributed by atoms with van der Waals surface area (Å²) in [5.74, 6) is 0.885. The van der Waals surface area contributed by atoms with Crippen molar-refractivity contribution in [3.8, 4) is 0 Å². The molecule has 0 spiro atoms. The van der Waals surface area contributed by atoms with Gasteiger partial charge in [-0.05, 0) is 17.7 Å². The number of para-hydroxylation sites is 2. The van der Waals surface area contributed by atoms with Crippen molar-refractivity contribution in [3.63, 3.8) is 0 Å². The monoisotopic (exact) mass is 284 g/mol. The normalized spacial score (nSPS) is 11.1. The van der Waals surface area contributed by atoms with Crippen LogP contribution in [0.3, 0.4) is 0 Å². The highest BCUT2D eigenvalue weighted by Gasteiger charge is 2.10. The lowest BCUT2D eigenvalue weighted by molar-refractivity contribution is 0.273. The van der Waals surface area contributed by atoms with Gasteiger partial charge in [-0.25, -0.2) is 4.98 Å². The molecule has 1 N–H and O–H groups in total. The van der Waals surface area contributed by atoms with E-state index in [4.69, 9.17) is 0 Å². The van der Waals surface area contributed by atoms with Gasteiger partial charge < -0.3 is 9.67 Å². The average Bonchev–Trinajstić information content (AvgIpc) is 2.85. The summed E-state index contributed by atoms with van der Waals surface area (Å²) in [5, 5.41) is 10.2. The highest BCUT2D eigenvalue weighted by Crippen LogP contribution is 2.26. The van der Waals surface area contributed by atoms with E-state index in [1.165, 1.54) is 5.56 Å². The van der Waals surface area contributed by atoms with Crippen LogP contribution in [0.25, 0.3) is 11.0 Å². The van der Waals surface area contributed by atoms with Gasteiger partial charge in [0.2, 0.25) is 0 Å². The summed E-state index contributed by atoms with van der Waals surface area (Å²) in [4.78, 5) is 4.66. The lowest BCUT2D eigenvalue weighted by Gasteiger charge is -2.06. The molecule has 0 bridgehead atoms. The van der Waals surface area contributed by atoms with Crippen molar-refractivity contribution in [1.82, 2.24) is 9.55 Å². The average molecular weight is 284 g/mol. The molecule has 0 unspecified atom stereocenters. The predicted molar refractivity (Wildman–Crippen MR) is 82.8 cm³/mol. The number of rotatable bonds is 5. The summed E-state index contributed by atoms with van der Waals surface area (Å²) in [7, 11) is 0. The van der Waals surface area contributed by atoms with Crippen LogP contribution in [-0.2, 0) is 12.3 Å². The van der Waals surface area contributed by atoms with Gasteiger partial charge in [0.15, 0.2) is 5.16 Å². The fourth-order valence-electron chi connectivity index (χ4n) is 2.20. The van der Waals surface area contributed by atoms with Crippen molar-refractivity contribution in [2.75, 3.05) is 6.61 Å². The molecule has 0 saturated carbocycles. The van der Waals surface area contributed by atoms with Crippen LogP contribution in [0.2, 0.25) is 0 Å². The van der Waals surface area contributed by atoms with E-state index in [1.54, 1.807) is 11.8 Å². The zero-order valence-electron chi connectivity index (χ0n) is 11.1. The first-order valence-electron chi connectivity index (χ1n) is 6.61. The Hall–Kier alpha value is -1.78. The number of fused-ring (bicyclic) bond motifs is 1. The van der Waals surface area contributed by atoms with Crippen LogP contribution in [0.15, 0.2) is 59.8 Å². The molecular weight excluding hydrogens is 268 g/mol. The van der Waals surface area contributed by atoms with E-state index < -0.39 is 0 Å². The van der Waals surface area contributed by atoms with Crippen molar-refractivity contribution in [2.24, 2.45) is 0 Å². The van der Waals surface area contributed by atoms with Gasteiger partial charge in [0.25, 0.3) is 0 Å². The number of aromatic nitrogens is 2. The first kappa shape index (κ1) is 13.2. The minimum atomic E-state index is 0.124. The molecule has 2 aromatic carbocycles. The fourth-order valence-corrected chi connectivity index (χ4v) is 3.20. The number of imidazole rings is 1. The third kappa shape index (κ3) is 2.71. The van der Waals surface area contributed by atoms with Crippen LogP contribution < -0.4 is 0 Å². The van der Waals surface area contributed by atoms with Crippen molar-refractivity contribution in [1.29, 1.82) is 0 Å². The molecule has 4 heteroatoms. The van der Waals surface area contributed by atoms with Crippen molar-refractivity contribution in [2.45, 2.75) is 17.5 Å². The van der Waals surface area contributed by atoms with Crippen LogP contribution >= 0.6 is 11.8 Å². The molecule has 102 valence electrons. The minimum Gasteiger partial charge on any atom is -0.395 e. The molecule has 0 aliphatic heterocycles. The number of aliphatic hydroxyl groups excluding tert-OH is 1. The maximum Gasteiger partial charge on any atom is 0.169 e. The summed E-state index contributed by atoms with van der Waals surface area (Å²) >= 11 is 1.71. The van der Waals surface area contributed by atoms with Crippen molar-refractivity contribution in [3.05, 3.63) is 60.2 Å². The topological polar surface area (TPSA) is 38.0 Å². The Morgan fingerprint density at radius 2 is 1.75 bits per heavy atom. The Kier molecular flexibility index (Phi) is 4.04. The van der Waals surface area contributed by atoms with E-state index >= 15 is 0 Å². The summed E-state index contributed by atoms with van der Waals surface area (Å²) in [6, 6.07) is 18.4. The molecule has 0 aliphatic rings. The van der Waals surface area contributed by atoms with Gasteiger partial charge in [-0.15, -0.1) is 0 Å². The zero-order valence-corrected chi connectivity index (χ0v) is 11.9. The van der Waals surface area contributed by atoms with E-state index in [0.29, 0.717) is 6.54 Å². The molecule has 0 fully saturated rings. The predicted octanol–water partition coefficient (Wildman–Crippen LogP) is 3.32. The highest BCUT2D eigenvalue weighted by atomic mass is 32.2. The largest absolute Gasteiger partial charge is 0.395 e. The number of thioether (sulfide) groups is 1. The SMILES string of the molecule is OCCn1c(SCc2ccccc2)nc2ccccc21. The summed E-state index contributed by atoms with van der Waals surface area (Å²) in [5.41, 5.74) is 3.34. The molecular formula is C16H16N2OS. The Morgan fingerprint density at radius 3 is 2.55 bits per heavy atom. The van der Waals surface area contributed by atoms with Crippen LogP contribution in [-0.4, -0.2) is 21.3 Å². The Labute approximate surface area is 122 Å². The second-order valence-corrected chi connectivity index (χ2v) is 5.48. The van der Waals surface area contributed by atoms with E-state index in [2.05, 4.69) is 21.7 Å². The second-order valence-electron chi connectivity index (χ2n) is 4.53. The number of benzene rings is 2. The lowest BCUT2D eigenvalue weighted by atomic mass is 10.2. The van der Waals surface area contributed by atoms with E-state index in [0.717, 1.165) is 21.9 Å². The Balaban J connectivity index is 1.88. The maximum absolute atomic E-state index is 9.25. The molecule has 0 saturated heterocycles. The minimum absolute atomic E-state index is 0.124. The van der Waals surface area contributed by atoms with Gasteiger partial charge in [0.05, 0.1) is 17.6 Å². The first-order valence-corrected chi connectivity index (χ1v) is 7.60.